The van der Waals surface area contributed by atoms with Gasteiger partial charge < -0.3 is 9.80 Å². The van der Waals surface area contributed by atoms with E-state index in [1.54, 1.807) is 0 Å². The molecule has 0 radical (unpaired) electrons. The second kappa shape index (κ2) is 4.25. The van der Waals surface area contributed by atoms with Gasteiger partial charge in [-0.3, -0.25) is 0 Å². The second-order valence-electron chi connectivity index (χ2n) is 4.85. The lowest BCUT2D eigenvalue weighted by molar-refractivity contribution is 0.103. The molecular weight excluding hydrogens is 188 g/mol. The number of carbonyl (C=O) groups is 1. The zero-order chi connectivity index (χ0) is 10.8. The Labute approximate surface area is 91.7 Å². The zero-order valence-corrected chi connectivity index (χ0v) is 9.65. The number of carbonyl (C=O) groups excluding carboxylic acids is 1. The van der Waals surface area contributed by atoms with Gasteiger partial charge >= 0.3 is 6.03 Å². The Bertz CT molecular complexity index is 275. The van der Waals surface area contributed by atoms with Crippen molar-refractivity contribution in [2.45, 2.75) is 32.2 Å². The van der Waals surface area contributed by atoms with Crippen LogP contribution in [0.25, 0.3) is 0 Å². The first-order chi connectivity index (χ1) is 7.18. The van der Waals surface area contributed by atoms with E-state index in [0.717, 1.165) is 19.5 Å². The van der Waals surface area contributed by atoms with E-state index in [1.165, 1.54) is 12.8 Å². The highest BCUT2D eigenvalue weighted by molar-refractivity contribution is 5.75. The minimum atomic E-state index is 0.199. The Hall–Kier alpha value is -0.990. The van der Waals surface area contributed by atoms with Crippen LogP contribution in [0.2, 0.25) is 0 Å². The maximum atomic E-state index is 12.0. The molecule has 2 amide bonds. The number of urea groups is 1. The average Bonchev–Trinajstić information content (AvgIpc) is 2.24. The summed E-state index contributed by atoms with van der Waals surface area (Å²) in [5, 5.41) is 0. The van der Waals surface area contributed by atoms with Gasteiger partial charge in [-0.05, 0) is 25.2 Å². The molecule has 0 saturated carbocycles. The molecule has 1 aliphatic carbocycles. The number of amides is 2. The topological polar surface area (TPSA) is 23.6 Å². The number of allylic oxidation sites excluding steroid dienone is 1. The molecule has 1 fully saturated rings. The van der Waals surface area contributed by atoms with Crippen molar-refractivity contribution in [1.82, 2.24) is 9.80 Å². The first-order valence-electron chi connectivity index (χ1n) is 5.87. The van der Waals surface area contributed by atoms with E-state index >= 15 is 0 Å². The van der Waals surface area contributed by atoms with E-state index in [0.29, 0.717) is 12.0 Å². The van der Waals surface area contributed by atoms with Crippen molar-refractivity contribution in [3.05, 3.63) is 12.2 Å². The summed E-state index contributed by atoms with van der Waals surface area (Å²) in [7, 11) is 1.90. The highest BCUT2D eigenvalue weighted by atomic mass is 16.2. The average molecular weight is 208 g/mol. The molecule has 3 heteroatoms. The molecule has 0 aromatic heterocycles. The maximum Gasteiger partial charge on any atom is 0.320 e. The third-order valence-corrected chi connectivity index (χ3v) is 3.30. The van der Waals surface area contributed by atoms with Crippen LogP contribution in [0, 0.1) is 5.92 Å². The number of rotatable bonds is 1. The van der Waals surface area contributed by atoms with Crippen LogP contribution in [0.5, 0.6) is 0 Å². The van der Waals surface area contributed by atoms with Gasteiger partial charge in [-0.15, -0.1) is 0 Å². The van der Waals surface area contributed by atoms with Gasteiger partial charge in [-0.1, -0.05) is 19.1 Å². The third-order valence-electron chi connectivity index (χ3n) is 3.30. The van der Waals surface area contributed by atoms with E-state index < -0.39 is 0 Å². The van der Waals surface area contributed by atoms with Gasteiger partial charge in [0.2, 0.25) is 0 Å². The highest BCUT2D eigenvalue weighted by Gasteiger charge is 2.31. The Morgan fingerprint density at radius 2 is 2.20 bits per heavy atom. The van der Waals surface area contributed by atoms with Gasteiger partial charge in [-0.25, -0.2) is 4.79 Å². The Morgan fingerprint density at radius 1 is 1.40 bits per heavy atom. The van der Waals surface area contributed by atoms with Crippen LogP contribution in [-0.2, 0) is 0 Å². The van der Waals surface area contributed by atoms with E-state index in [1.807, 2.05) is 16.8 Å². The van der Waals surface area contributed by atoms with Crippen molar-refractivity contribution in [3.63, 3.8) is 0 Å². The Kier molecular flexibility index (Phi) is 2.98. The van der Waals surface area contributed by atoms with Crippen molar-refractivity contribution in [1.29, 1.82) is 0 Å². The minimum Gasteiger partial charge on any atom is -0.327 e. The van der Waals surface area contributed by atoms with Gasteiger partial charge in [-0.2, -0.15) is 0 Å². The predicted molar refractivity (Wildman–Crippen MR) is 60.7 cm³/mol. The monoisotopic (exact) mass is 208 g/mol. The molecule has 15 heavy (non-hydrogen) atoms. The van der Waals surface area contributed by atoms with Crippen molar-refractivity contribution in [2.24, 2.45) is 5.92 Å². The minimum absolute atomic E-state index is 0.199. The van der Waals surface area contributed by atoms with Gasteiger partial charge in [0.1, 0.15) is 0 Å². The van der Waals surface area contributed by atoms with Crippen LogP contribution in [0.15, 0.2) is 12.2 Å². The highest BCUT2D eigenvalue weighted by Crippen LogP contribution is 2.22. The first-order valence-corrected chi connectivity index (χ1v) is 5.87. The summed E-state index contributed by atoms with van der Waals surface area (Å²) < 4.78 is 0. The summed E-state index contributed by atoms with van der Waals surface area (Å²) in [5.41, 5.74) is 0. The molecule has 0 aromatic rings. The normalized spacial score (nSPS) is 32.3. The van der Waals surface area contributed by atoms with Crippen molar-refractivity contribution < 1.29 is 4.79 Å². The fraction of sp³-hybridized carbons (Fsp3) is 0.750. The van der Waals surface area contributed by atoms with Crippen LogP contribution in [0.3, 0.4) is 0 Å². The fourth-order valence-corrected chi connectivity index (χ4v) is 2.57. The van der Waals surface area contributed by atoms with E-state index in [2.05, 4.69) is 19.1 Å². The standard InChI is InChI=1S/C12H20N2O/c1-10-8-13(2)12(15)14(9-10)11-6-4-3-5-7-11/h4,6,10-11H,3,5,7-9H2,1-2H3/t10-,11+/m1/s1. The summed E-state index contributed by atoms with van der Waals surface area (Å²) >= 11 is 0. The molecule has 0 N–H and O–H groups in total. The molecule has 2 atom stereocenters. The quantitative estimate of drug-likeness (QED) is 0.605. The molecule has 1 saturated heterocycles. The van der Waals surface area contributed by atoms with Crippen molar-refractivity contribution in [2.75, 3.05) is 20.1 Å². The Morgan fingerprint density at radius 3 is 2.87 bits per heavy atom. The number of nitrogens with zero attached hydrogens (tertiary/aromatic N) is 2. The lowest BCUT2D eigenvalue weighted by Crippen LogP contribution is -2.54. The van der Waals surface area contributed by atoms with Crippen LogP contribution in [0.4, 0.5) is 4.79 Å². The van der Waals surface area contributed by atoms with Gasteiger partial charge in [0.25, 0.3) is 0 Å². The largest absolute Gasteiger partial charge is 0.327 e. The number of hydrogen-bond donors (Lipinski definition) is 0. The summed E-state index contributed by atoms with van der Waals surface area (Å²) in [4.78, 5) is 15.9. The smallest absolute Gasteiger partial charge is 0.320 e. The summed E-state index contributed by atoms with van der Waals surface area (Å²) in [6, 6.07) is 0.543. The molecule has 0 aromatic carbocycles. The van der Waals surface area contributed by atoms with Gasteiger partial charge in [0, 0.05) is 20.1 Å². The molecule has 1 heterocycles. The molecule has 0 spiro atoms. The maximum absolute atomic E-state index is 12.0. The van der Waals surface area contributed by atoms with Gasteiger partial charge in [0.15, 0.2) is 0 Å². The van der Waals surface area contributed by atoms with E-state index in [-0.39, 0.29) is 6.03 Å². The van der Waals surface area contributed by atoms with Crippen LogP contribution in [0.1, 0.15) is 26.2 Å². The third kappa shape index (κ3) is 2.16. The predicted octanol–water partition coefficient (Wildman–Crippen LogP) is 2.10. The molecule has 1 aliphatic heterocycles. The number of hydrogen-bond acceptors (Lipinski definition) is 1. The summed E-state index contributed by atoms with van der Waals surface area (Å²) in [6.45, 7) is 4.02. The van der Waals surface area contributed by atoms with Crippen molar-refractivity contribution in [3.8, 4) is 0 Å². The molecule has 3 nitrogen and oxygen atoms in total. The molecular formula is C12H20N2O. The molecule has 84 valence electrons. The SMILES string of the molecule is C[C@@H]1CN(C)C(=O)N([C@H]2C=CCCC2)C1. The zero-order valence-electron chi connectivity index (χ0n) is 9.65. The lowest BCUT2D eigenvalue weighted by atomic mass is 9.99. The fourth-order valence-electron chi connectivity index (χ4n) is 2.57. The van der Waals surface area contributed by atoms with Crippen LogP contribution >= 0.6 is 0 Å². The van der Waals surface area contributed by atoms with Gasteiger partial charge in [0.05, 0.1) is 6.04 Å². The molecule has 2 aliphatic rings. The van der Waals surface area contributed by atoms with Crippen LogP contribution < -0.4 is 0 Å². The molecule has 0 unspecified atom stereocenters. The van der Waals surface area contributed by atoms with E-state index in [9.17, 15) is 4.79 Å². The second-order valence-corrected chi connectivity index (χ2v) is 4.85. The Balaban J connectivity index is 2.08. The summed E-state index contributed by atoms with van der Waals surface area (Å²) in [6.07, 6.45) is 7.92. The van der Waals surface area contributed by atoms with Crippen LogP contribution in [-0.4, -0.2) is 42.0 Å². The van der Waals surface area contributed by atoms with E-state index in [4.69, 9.17) is 0 Å². The molecule has 0 bridgehead atoms. The van der Waals surface area contributed by atoms with Crippen molar-refractivity contribution >= 4 is 6.03 Å². The first kappa shape index (κ1) is 10.5. The lowest BCUT2D eigenvalue weighted by Gasteiger charge is -2.41. The molecule has 2 rings (SSSR count). The summed E-state index contributed by atoms with van der Waals surface area (Å²) in [5.74, 6) is 0.586.